The summed E-state index contributed by atoms with van der Waals surface area (Å²) in [6.45, 7) is 1.36. The van der Waals surface area contributed by atoms with Crippen LogP contribution < -0.4 is 5.32 Å². The Hall–Kier alpha value is -2.18. The van der Waals surface area contributed by atoms with Crippen molar-refractivity contribution in [2.75, 3.05) is 6.54 Å². The van der Waals surface area contributed by atoms with E-state index in [9.17, 15) is 4.79 Å². The average molecular weight is 347 g/mol. The molecule has 1 N–H and O–H groups in total. The molecule has 1 aromatic heterocycles. The highest BCUT2D eigenvalue weighted by molar-refractivity contribution is 7.80. The number of carbonyl (C=O) groups is 1. The van der Waals surface area contributed by atoms with E-state index in [1.54, 1.807) is 35.6 Å². The first-order valence-electron chi connectivity index (χ1n) is 7.19. The minimum Gasteiger partial charge on any atom is -0.337 e. The number of benzene rings is 1. The van der Waals surface area contributed by atoms with Gasteiger partial charge in [-0.2, -0.15) is 0 Å². The first-order valence-corrected chi connectivity index (χ1v) is 7.98. The van der Waals surface area contributed by atoms with E-state index in [4.69, 9.17) is 23.8 Å². The molecule has 1 fully saturated rings. The van der Waals surface area contributed by atoms with E-state index in [2.05, 4.69) is 10.3 Å². The van der Waals surface area contributed by atoms with E-state index in [0.717, 1.165) is 18.5 Å². The third-order valence-corrected chi connectivity index (χ3v) is 4.04. The Morgan fingerprint density at radius 2 is 2.22 bits per heavy atom. The molecule has 3 rings (SSSR count). The lowest BCUT2D eigenvalue weighted by molar-refractivity contribution is -0.122. The second-order valence-corrected chi connectivity index (χ2v) is 5.98. The number of nitrogens with zero attached hydrogens (tertiary/aromatic N) is 3. The summed E-state index contributed by atoms with van der Waals surface area (Å²) >= 11 is 11.2. The van der Waals surface area contributed by atoms with Crippen LogP contribution in [0.3, 0.4) is 0 Å². The number of aromatic nitrogens is 2. The number of rotatable bonds is 5. The van der Waals surface area contributed by atoms with Gasteiger partial charge in [-0.1, -0.05) is 23.7 Å². The molecular formula is C16H15ClN4OS. The molecule has 0 bridgehead atoms. The predicted molar refractivity (Wildman–Crippen MR) is 93.7 cm³/mol. The third-order valence-electron chi connectivity index (χ3n) is 3.48. The SMILES string of the molecule is O=C1/C(=C/c2cccc(Cl)c2)NC(=S)N1CCCn1ccnc1. The number of aryl methyl sites for hydroxylation is 1. The lowest BCUT2D eigenvalue weighted by atomic mass is 10.2. The molecule has 0 spiro atoms. The van der Waals surface area contributed by atoms with Crippen LogP contribution in [0.25, 0.3) is 6.08 Å². The lowest BCUT2D eigenvalue weighted by Gasteiger charge is -2.13. The number of nitrogens with one attached hydrogen (secondary N) is 1. The van der Waals surface area contributed by atoms with Crippen LogP contribution in [0.2, 0.25) is 5.02 Å². The van der Waals surface area contributed by atoms with E-state index >= 15 is 0 Å². The Bertz CT molecular complexity index is 757. The maximum absolute atomic E-state index is 12.5. The molecule has 1 amide bonds. The minimum atomic E-state index is -0.111. The maximum Gasteiger partial charge on any atom is 0.276 e. The summed E-state index contributed by atoms with van der Waals surface area (Å²) in [4.78, 5) is 18.0. The Balaban J connectivity index is 1.65. The number of imidazole rings is 1. The zero-order valence-electron chi connectivity index (χ0n) is 12.3. The van der Waals surface area contributed by atoms with Gasteiger partial charge in [0.05, 0.1) is 6.33 Å². The van der Waals surface area contributed by atoms with Crippen molar-refractivity contribution in [3.05, 3.63) is 59.3 Å². The minimum absolute atomic E-state index is 0.111. The fourth-order valence-corrected chi connectivity index (χ4v) is 2.85. The quantitative estimate of drug-likeness (QED) is 0.668. The highest BCUT2D eigenvalue weighted by Crippen LogP contribution is 2.17. The standard InChI is InChI=1S/C16H15ClN4OS/c17-13-4-1-3-12(9-13)10-14-15(22)21(16(23)19-14)7-2-6-20-8-5-18-11-20/h1,3-5,8-11H,2,6-7H2,(H,19,23)/b14-10-. The van der Waals surface area contributed by atoms with Crippen molar-refractivity contribution in [1.29, 1.82) is 0 Å². The van der Waals surface area contributed by atoms with Crippen molar-refractivity contribution in [1.82, 2.24) is 19.8 Å². The third kappa shape index (κ3) is 3.78. The molecular weight excluding hydrogens is 332 g/mol. The van der Waals surface area contributed by atoms with Crippen molar-refractivity contribution in [2.24, 2.45) is 0 Å². The maximum atomic E-state index is 12.5. The monoisotopic (exact) mass is 346 g/mol. The summed E-state index contributed by atoms with van der Waals surface area (Å²) < 4.78 is 1.97. The summed E-state index contributed by atoms with van der Waals surface area (Å²) in [5.41, 5.74) is 1.33. The van der Waals surface area contributed by atoms with E-state index in [0.29, 0.717) is 22.4 Å². The molecule has 7 heteroatoms. The van der Waals surface area contributed by atoms with E-state index in [1.807, 2.05) is 22.9 Å². The summed E-state index contributed by atoms with van der Waals surface area (Å²) in [5.74, 6) is -0.111. The number of amides is 1. The smallest absolute Gasteiger partial charge is 0.276 e. The van der Waals surface area contributed by atoms with Crippen molar-refractivity contribution < 1.29 is 4.79 Å². The van der Waals surface area contributed by atoms with Crippen LogP contribution in [0.4, 0.5) is 0 Å². The van der Waals surface area contributed by atoms with Crippen molar-refractivity contribution in [2.45, 2.75) is 13.0 Å². The van der Waals surface area contributed by atoms with Crippen molar-refractivity contribution >= 4 is 40.9 Å². The largest absolute Gasteiger partial charge is 0.337 e. The number of hydrogen-bond donors (Lipinski definition) is 1. The van der Waals surface area contributed by atoms with Gasteiger partial charge in [0, 0.05) is 30.5 Å². The van der Waals surface area contributed by atoms with E-state index in [-0.39, 0.29) is 5.91 Å². The molecule has 1 aliphatic rings. The first-order chi connectivity index (χ1) is 11.1. The zero-order valence-corrected chi connectivity index (χ0v) is 13.8. The molecule has 1 aliphatic heterocycles. The molecule has 0 aliphatic carbocycles. The van der Waals surface area contributed by atoms with Crippen LogP contribution in [-0.2, 0) is 11.3 Å². The van der Waals surface area contributed by atoms with Gasteiger partial charge in [-0.25, -0.2) is 4.98 Å². The number of carbonyl (C=O) groups excluding carboxylic acids is 1. The number of thiocarbonyl (C=S) groups is 1. The molecule has 0 unspecified atom stereocenters. The van der Waals surface area contributed by atoms with Gasteiger partial charge in [0.2, 0.25) is 0 Å². The van der Waals surface area contributed by atoms with Gasteiger partial charge in [-0.15, -0.1) is 0 Å². The van der Waals surface area contributed by atoms with Gasteiger partial charge in [0.25, 0.3) is 5.91 Å². The summed E-state index contributed by atoms with van der Waals surface area (Å²) in [7, 11) is 0. The molecule has 1 saturated heterocycles. The second kappa shape index (κ2) is 6.93. The molecule has 23 heavy (non-hydrogen) atoms. The van der Waals surface area contributed by atoms with Gasteiger partial charge in [-0.05, 0) is 42.4 Å². The second-order valence-electron chi connectivity index (χ2n) is 5.15. The fourth-order valence-electron chi connectivity index (χ4n) is 2.37. The van der Waals surface area contributed by atoms with Gasteiger partial charge in [-0.3, -0.25) is 9.69 Å². The molecule has 0 atom stereocenters. The number of halogens is 1. The fraction of sp³-hybridized carbons (Fsp3) is 0.188. The van der Waals surface area contributed by atoms with Gasteiger partial charge < -0.3 is 9.88 Å². The van der Waals surface area contributed by atoms with Crippen LogP contribution in [0.5, 0.6) is 0 Å². The lowest BCUT2D eigenvalue weighted by Crippen LogP contribution is -2.32. The van der Waals surface area contributed by atoms with Gasteiger partial charge in [0.15, 0.2) is 5.11 Å². The average Bonchev–Trinajstić information content (AvgIpc) is 3.11. The Morgan fingerprint density at radius 1 is 1.35 bits per heavy atom. The zero-order chi connectivity index (χ0) is 16.2. The molecule has 2 heterocycles. The molecule has 0 radical (unpaired) electrons. The molecule has 5 nitrogen and oxygen atoms in total. The summed E-state index contributed by atoms with van der Waals surface area (Å²) in [6, 6.07) is 7.32. The molecule has 118 valence electrons. The van der Waals surface area contributed by atoms with Crippen molar-refractivity contribution in [3.8, 4) is 0 Å². The Morgan fingerprint density at radius 3 is 2.96 bits per heavy atom. The molecule has 2 aromatic rings. The van der Waals surface area contributed by atoms with Crippen LogP contribution in [0.1, 0.15) is 12.0 Å². The number of hydrogen-bond acceptors (Lipinski definition) is 3. The highest BCUT2D eigenvalue weighted by Gasteiger charge is 2.29. The normalized spacial score (nSPS) is 16.2. The van der Waals surface area contributed by atoms with Crippen LogP contribution >= 0.6 is 23.8 Å². The van der Waals surface area contributed by atoms with Crippen molar-refractivity contribution in [3.63, 3.8) is 0 Å². The summed E-state index contributed by atoms with van der Waals surface area (Å²) in [6.07, 6.45) is 7.95. The van der Waals surface area contributed by atoms with Crippen LogP contribution in [0.15, 0.2) is 48.7 Å². The Kier molecular flexibility index (Phi) is 4.73. The first kappa shape index (κ1) is 15.7. The van der Waals surface area contributed by atoms with Gasteiger partial charge >= 0.3 is 0 Å². The Labute approximate surface area is 144 Å². The van der Waals surface area contributed by atoms with Crippen LogP contribution in [0, 0.1) is 0 Å². The van der Waals surface area contributed by atoms with E-state index in [1.165, 1.54) is 0 Å². The van der Waals surface area contributed by atoms with Gasteiger partial charge in [0.1, 0.15) is 5.70 Å². The topological polar surface area (TPSA) is 50.2 Å². The predicted octanol–water partition coefficient (Wildman–Crippen LogP) is 2.68. The highest BCUT2D eigenvalue weighted by atomic mass is 35.5. The van der Waals surface area contributed by atoms with E-state index < -0.39 is 0 Å². The summed E-state index contributed by atoms with van der Waals surface area (Å²) in [5, 5.41) is 4.04. The van der Waals surface area contributed by atoms with Crippen LogP contribution in [-0.4, -0.2) is 32.0 Å². The molecule has 0 saturated carbocycles. The molecule has 1 aromatic carbocycles.